The maximum absolute atomic E-state index is 12.8. The number of carbonyl (C=O) groups excluding carboxylic acids is 2. The molecule has 0 radical (unpaired) electrons. The molecule has 2 atom stereocenters. The minimum Gasteiger partial charge on any atom is -0.462 e. The van der Waals surface area contributed by atoms with E-state index in [1.807, 2.05) is 0 Å². The number of nitrogens with two attached hydrogens (primary N) is 1. The Hall–Kier alpha value is -2.81. The van der Waals surface area contributed by atoms with E-state index in [9.17, 15) is 19.0 Å². The molecular formula is C73H132NO8P. The van der Waals surface area contributed by atoms with E-state index < -0.39 is 26.5 Å². The predicted molar refractivity (Wildman–Crippen MR) is 358 cm³/mol. The summed E-state index contributed by atoms with van der Waals surface area (Å²) in [5.41, 5.74) is 5.40. The third kappa shape index (κ3) is 68.2. The first kappa shape index (κ1) is 80.2. The Balaban J connectivity index is 3.85. The SMILES string of the molecule is CC/C=C\C/C=C\C/C=C\C/C=C\C/C=C\CCCCCCCCCCCCCCCC(=O)OC(COC(=O)CCCCCCCCCCCCCCCCCCCCCCC/C=C\C/C=C\CCCCCCC)COP(=O)(O)OCCN. The van der Waals surface area contributed by atoms with Crippen LogP contribution in [0.15, 0.2) is 85.1 Å². The lowest BCUT2D eigenvalue weighted by Crippen LogP contribution is -2.29. The summed E-state index contributed by atoms with van der Waals surface area (Å²) in [4.78, 5) is 35.4. The number of phosphoric ester groups is 1. The summed E-state index contributed by atoms with van der Waals surface area (Å²) in [6.45, 7) is 3.66. The van der Waals surface area contributed by atoms with Crippen LogP contribution < -0.4 is 5.73 Å². The lowest BCUT2D eigenvalue weighted by atomic mass is 10.0. The van der Waals surface area contributed by atoms with Crippen LogP contribution in [0.2, 0.25) is 0 Å². The topological polar surface area (TPSA) is 134 Å². The average Bonchev–Trinajstić information content (AvgIpc) is 3.49. The molecule has 0 aromatic rings. The number of allylic oxidation sites excluding steroid dienone is 14. The van der Waals surface area contributed by atoms with E-state index in [0.29, 0.717) is 6.42 Å². The highest BCUT2D eigenvalue weighted by Crippen LogP contribution is 2.43. The van der Waals surface area contributed by atoms with Gasteiger partial charge >= 0.3 is 19.8 Å². The molecule has 0 saturated heterocycles. The average molecular weight is 1180 g/mol. The Morgan fingerprint density at radius 1 is 0.373 bits per heavy atom. The zero-order valence-electron chi connectivity index (χ0n) is 54.2. The second-order valence-electron chi connectivity index (χ2n) is 23.4. The number of esters is 2. The van der Waals surface area contributed by atoms with Crippen molar-refractivity contribution in [3.63, 3.8) is 0 Å². The molecule has 0 aliphatic carbocycles. The molecule has 0 amide bonds. The third-order valence-corrected chi connectivity index (χ3v) is 16.2. The van der Waals surface area contributed by atoms with Crippen LogP contribution in [-0.2, 0) is 32.7 Å². The monoisotopic (exact) mass is 1180 g/mol. The van der Waals surface area contributed by atoms with E-state index >= 15 is 0 Å². The van der Waals surface area contributed by atoms with E-state index in [-0.39, 0.29) is 38.6 Å². The quantitative estimate of drug-likeness (QED) is 0.0264. The number of ether oxygens (including phenoxy) is 2. The lowest BCUT2D eigenvalue weighted by Gasteiger charge is -2.19. The molecule has 2 unspecified atom stereocenters. The third-order valence-electron chi connectivity index (χ3n) is 15.3. The van der Waals surface area contributed by atoms with Crippen molar-refractivity contribution in [3.05, 3.63) is 85.1 Å². The van der Waals surface area contributed by atoms with Gasteiger partial charge in [0.2, 0.25) is 0 Å². The predicted octanol–water partition coefficient (Wildman–Crippen LogP) is 23.0. The molecule has 83 heavy (non-hydrogen) atoms. The van der Waals surface area contributed by atoms with Crippen LogP contribution in [0.3, 0.4) is 0 Å². The van der Waals surface area contributed by atoms with Crippen molar-refractivity contribution in [2.24, 2.45) is 5.73 Å². The molecule has 0 rings (SSSR count). The lowest BCUT2D eigenvalue weighted by molar-refractivity contribution is -0.161. The van der Waals surface area contributed by atoms with Crippen LogP contribution in [0.4, 0.5) is 0 Å². The molecule has 0 saturated carbocycles. The highest BCUT2D eigenvalue weighted by Gasteiger charge is 2.26. The standard InChI is InChI=1S/C73H132NO8P/c1-3-5-7-9-11-13-15-17-19-21-23-25-27-29-31-33-34-35-36-38-39-41-43-45-47-49-51-53-55-57-59-61-63-65-72(75)79-69-71(70-81-83(77,78)80-68-67-74)82-73(76)66-64-62-60-58-56-54-52-50-48-46-44-42-40-37-32-30-28-26-24-22-20-18-16-14-12-10-8-6-4-2/h6,8,12,14-15,17-18,20-21,23-24,26,30,32,71H,3-5,7,9-11,13,16,19,22,25,27-29,31,33-70,74H2,1-2H3,(H,77,78)/b8-6-,14-12-,17-15-,20-18-,23-21-,26-24-,32-30-. The summed E-state index contributed by atoms with van der Waals surface area (Å²) >= 11 is 0. The molecule has 0 fully saturated rings. The molecule has 482 valence electrons. The van der Waals surface area contributed by atoms with Gasteiger partial charge in [0.25, 0.3) is 0 Å². The van der Waals surface area contributed by atoms with Crippen LogP contribution in [0.25, 0.3) is 0 Å². The van der Waals surface area contributed by atoms with E-state index in [1.165, 1.54) is 225 Å². The largest absolute Gasteiger partial charge is 0.472 e. The molecule has 0 bridgehead atoms. The number of unbranched alkanes of at least 4 members (excludes halogenated alkanes) is 39. The van der Waals surface area contributed by atoms with Crippen LogP contribution in [0.1, 0.15) is 335 Å². The summed E-state index contributed by atoms with van der Waals surface area (Å²) in [5.74, 6) is -0.817. The first-order chi connectivity index (χ1) is 40.8. The highest BCUT2D eigenvalue weighted by molar-refractivity contribution is 7.47. The molecule has 3 N–H and O–H groups in total. The first-order valence-electron chi connectivity index (χ1n) is 35.1. The number of hydrogen-bond donors (Lipinski definition) is 2. The fourth-order valence-corrected chi connectivity index (χ4v) is 10.9. The second kappa shape index (κ2) is 68.3. The summed E-state index contributed by atoms with van der Waals surface area (Å²) in [5, 5.41) is 0. The Morgan fingerprint density at radius 3 is 0.988 bits per heavy atom. The van der Waals surface area contributed by atoms with Crippen molar-refractivity contribution in [3.8, 4) is 0 Å². The zero-order chi connectivity index (χ0) is 60.1. The van der Waals surface area contributed by atoms with Gasteiger partial charge in [0.05, 0.1) is 13.2 Å². The minimum atomic E-state index is -4.40. The van der Waals surface area contributed by atoms with Gasteiger partial charge in [-0.15, -0.1) is 0 Å². The van der Waals surface area contributed by atoms with Crippen molar-refractivity contribution in [1.82, 2.24) is 0 Å². The molecule has 0 aliphatic rings. The summed E-state index contributed by atoms with van der Waals surface area (Å²) < 4.78 is 33.2. The van der Waals surface area contributed by atoms with Crippen LogP contribution in [0.5, 0.6) is 0 Å². The van der Waals surface area contributed by atoms with Crippen molar-refractivity contribution < 1.29 is 37.6 Å². The van der Waals surface area contributed by atoms with Gasteiger partial charge in [-0.25, -0.2) is 4.57 Å². The van der Waals surface area contributed by atoms with Crippen molar-refractivity contribution in [1.29, 1.82) is 0 Å². The van der Waals surface area contributed by atoms with Gasteiger partial charge in [-0.2, -0.15) is 0 Å². The maximum Gasteiger partial charge on any atom is 0.472 e. The summed E-state index contributed by atoms with van der Waals surface area (Å²) in [6, 6.07) is 0. The van der Waals surface area contributed by atoms with Crippen LogP contribution >= 0.6 is 7.82 Å². The van der Waals surface area contributed by atoms with Gasteiger partial charge in [0.15, 0.2) is 6.10 Å². The molecule has 0 aromatic heterocycles. The molecule has 10 heteroatoms. The Labute approximate surface area is 513 Å². The minimum absolute atomic E-state index is 0.0520. The molecule has 0 aromatic carbocycles. The van der Waals surface area contributed by atoms with E-state index in [1.54, 1.807) is 0 Å². The van der Waals surface area contributed by atoms with Crippen molar-refractivity contribution >= 4 is 19.8 Å². The molecule has 0 heterocycles. The molecule has 0 aliphatic heterocycles. The van der Waals surface area contributed by atoms with Crippen LogP contribution in [-0.4, -0.2) is 49.3 Å². The van der Waals surface area contributed by atoms with E-state index in [4.69, 9.17) is 24.3 Å². The Bertz CT molecular complexity index is 1640. The van der Waals surface area contributed by atoms with Gasteiger partial charge in [0, 0.05) is 19.4 Å². The number of carbonyl (C=O) groups is 2. The van der Waals surface area contributed by atoms with E-state index in [2.05, 4.69) is 98.9 Å². The fraction of sp³-hybridized carbons (Fsp3) is 0.781. The number of phosphoric acid groups is 1. The number of rotatable bonds is 66. The van der Waals surface area contributed by atoms with Crippen molar-refractivity contribution in [2.75, 3.05) is 26.4 Å². The summed E-state index contributed by atoms with van der Waals surface area (Å²) in [6.07, 6.45) is 91.1. The van der Waals surface area contributed by atoms with Gasteiger partial charge in [-0.3, -0.25) is 18.6 Å². The normalized spacial score (nSPS) is 13.4. The van der Waals surface area contributed by atoms with Gasteiger partial charge in [-0.05, 0) is 89.9 Å². The highest BCUT2D eigenvalue weighted by atomic mass is 31.2. The summed E-state index contributed by atoms with van der Waals surface area (Å²) in [7, 11) is -4.40. The smallest absolute Gasteiger partial charge is 0.462 e. The van der Waals surface area contributed by atoms with E-state index in [0.717, 1.165) is 77.0 Å². The van der Waals surface area contributed by atoms with Gasteiger partial charge in [0.1, 0.15) is 6.61 Å². The van der Waals surface area contributed by atoms with Gasteiger partial charge in [-0.1, -0.05) is 317 Å². The fourth-order valence-electron chi connectivity index (χ4n) is 10.1. The zero-order valence-corrected chi connectivity index (χ0v) is 55.1. The Morgan fingerprint density at radius 2 is 0.663 bits per heavy atom. The maximum atomic E-state index is 12.8. The second-order valence-corrected chi connectivity index (χ2v) is 24.8. The Kier molecular flexibility index (Phi) is 66.0. The molecule has 0 spiro atoms. The molecular weight excluding hydrogens is 1050 g/mol. The first-order valence-corrected chi connectivity index (χ1v) is 36.6. The number of hydrogen-bond acceptors (Lipinski definition) is 8. The van der Waals surface area contributed by atoms with Crippen LogP contribution in [0, 0.1) is 0 Å². The van der Waals surface area contributed by atoms with Crippen molar-refractivity contribution in [2.45, 2.75) is 341 Å². The molecule has 9 nitrogen and oxygen atoms in total. The van der Waals surface area contributed by atoms with Gasteiger partial charge < -0.3 is 20.1 Å².